The van der Waals surface area contributed by atoms with Gasteiger partial charge in [-0.05, 0) is 49.2 Å². The quantitative estimate of drug-likeness (QED) is 0.812. The molecular formula is C15H21N3S2. The van der Waals surface area contributed by atoms with Crippen LogP contribution in [-0.2, 0) is 6.42 Å². The fourth-order valence-corrected chi connectivity index (χ4v) is 3.02. The molecule has 0 fully saturated rings. The summed E-state index contributed by atoms with van der Waals surface area (Å²) in [6.45, 7) is 7.46. The van der Waals surface area contributed by atoms with Gasteiger partial charge in [0, 0.05) is 12.2 Å². The lowest BCUT2D eigenvalue weighted by molar-refractivity contribution is 0.579. The van der Waals surface area contributed by atoms with Crippen molar-refractivity contribution in [1.29, 1.82) is 0 Å². The molecule has 0 unspecified atom stereocenters. The topological polar surface area (TPSA) is 37.0 Å². The third kappa shape index (κ3) is 4.15. The molecule has 1 heterocycles. The number of nitrogens with zero attached hydrogens (tertiary/aromatic N) is 1. The predicted molar refractivity (Wildman–Crippen MR) is 92.7 cm³/mol. The third-order valence-electron chi connectivity index (χ3n) is 3.00. The van der Waals surface area contributed by atoms with Crippen molar-refractivity contribution in [2.45, 2.75) is 33.6 Å². The molecule has 0 spiro atoms. The molecule has 0 atom stereocenters. The molecule has 0 amide bonds. The normalized spacial score (nSPS) is 11.0. The zero-order valence-corrected chi connectivity index (χ0v) is 13.8. The molecule has 0 aliphatic carbocycles. The van der Waals surface area contributed by atoms with E-state index in [1.807, 2.05) is 12.1 Å². The van der Waals surface area contributed by atoms with Gasteiger partial charge in [0.25, 0.3) is 0 Å². The molecule has 5 heteroatoms. The summed E-state index contributed by atoms with van der Waals surface area (Å²) in [5.41, 5.74) is 2.09. The average molecular weight is 307 g/mol. The van der Waals surface area contributed by atoms with Crippen molar-refractivity contribution >= 4 is 44.6 Å². The van der Waals surface area contributed by atoms with E-state index in [0.29, 0.717) is 11.0 Å². The van der Waals surface area contributed by atoms with Gasteiger partial charge in [-0.3, -0.25) is 0 Å². The maximum Gasteiger partial charge on any atom is 0.170 e. The van der Waals surface area contributed by atoms with Gasteiger partial charge in [-0.2, -0.15) is 0 Å². The highest BCUT2D eigenvalue weighted by Gasteiger charge is 2.04. The number of hydrogen-bond acceptors (Lipinski definition) is 3. The van der Waals surface area contributed by atoms with Gasteiger partial charge >= 0.3 is 0 Å². The van der Waals surface area contributed by atoms with Crippen LogP contribution in [0.2, 0.25) is 0 Å². The molecule has 2 aromatic rings. The van der Waals surface area contributed by atoms with E-state index >= 15 is 0 Å². The van der Waals surface area contributed by atoms with Gasteiger partial charge in [0.15, 0.2) is 5.11 Å². The zero-order valence-electron chi connectivity index (χ0n) is 12.2. The first kappa shape index (κ1) is 15.2. The molecule has 3 nitrogen and oxygen atoms in total. The highest BCUT2D eigenvalue weighted by molar-refractivity contribution is 7.80. The molecule has 0 saturated heterocycles. The molecule has 108 valence electrons. The highest BCUT2D eigenvalue weighted by atomic mass is 32.1. The summed E-state index contributed by atoms with van der Waals surface area (Å²) in [6, 6.07) is 6.19. The van der Waals surface area contributed by atoms with Crippen LogP contribution in [0.15, 0.2) is 18.2 Å². The van der Waals surface area contributed by atoms with E-state index in [9.17, 15) is 0 Å². The molecule has 0 aliphatic rings. The second-order valence-corrected chi connectivity index (χ2v) is 6.73. The lowest BCUT2D eigenvalue weighted by Gasteiger charge is -2.11. The number of thiocarbonyl (C=S) groups is 1. The van der Waals surface area contributed by atoms with E-state index in [2.05, 4.69) is 42.5 Å². The summed E-state index contributed by atoms with van der Waals surface area (Å²) in [4.78, 5) is 4.56. The summed E-state index contributed by atoms with van der Waals surface area (Å²) < 4.78 is 1.21. The number of aryl methyl sites for hydroxylation is 1. The smallest absolute Gasteiger partial charge is 0.170 e. The SMILES string of the molecule is CCc1nc2ccc(NC(=S)NCCC(C)C)cc2s1. The Bertz CT molecular complexity index is 590. The van der Waals surface area contributed by atoms with Crippen molar-refractivity contribution < 1.29 is 0 Å². The molecule has 0 aliphatic heterocycles. The number of benzene rings is 1. The summed E-state index contributed by atoms with van der Waals surface area (Å²) in [6.07, 6.45) is 2.10. The number of aromatic nitrogens is 1. The summed E-state index contributed by atoms with van der Waals surface area (Å²) in [5.74, 6) is 0.686. The Balaban J connectivity index is 1.97. The standard InChI is InChI=1S/C15H21N3S2/c1-4-14-18-12-6-5-11(9-13(12)20-14)17-15(19)16-8-7-10(2)3/h5-6,9-10H,4,7-8H2,1-3H3,(H2,16,17,19). The Labute approximate surface area is 129 Å². The average Bonchev–Trinajstić information content (AvgIpc) is 2.80. The van der Waals surface area contributed by atoms with Gasteiger partial charge in [0.05, 0.1) is 15.2 Å². The first-order valence-corrected chi connectivity index (χ1v) is 8.25. The van der Waals surface area contributed by atoms with E-state index in [0.717, 1.165) is 30.6 Å². The van der Waals surface area contributed by atoms with Gasteiger partial charge in [-0.25, -0.2) is 4.98 Å². The molecule has 0 saturated carbocycles. The molecule has 0 bridgehead atoms. The molecule has 0 radical (unpaired) electrons. The van der Waals surface area contributed by atoms with Crippen LogP contribution in [-0.4, -0.2) is 16.6 Å². The maximum absolute atomic E-state index is 5.30. The molecule has 20 heavy (non-hydrogen) atoms. The lowest BCUT2D eigenvalue weighted by atomic mass is 10.1. The Kier molecular flexibility index (Phi) is 5.31. The van der Waals surface area contributed by atoms with Crippen molar-refractivity contribution in [3.05, 3.63) is 23.2 Å². The Morgan fingerprint density at radius 3 is 2.90 bits per heavy atom. The van der Waals surface area contributed by atoms with Crippen LogP contribution < -0.4 is 10.6 Å². The van der Waals surface area contributed by atoms with Crippen molar-refractivity contribution in [2.75, 3.05) is 11.9 Å². The number of anilines is 1. The first-order valence-electron chi connectivity index (χ1n) is 7.02. The van der Waals surface area contributed by atoms with Gasteiger partial charge in [-0.1, -0.05) is 20.8 Å². The highest BCUT2D eigenvalue weighted by Crippen LogP contribution is 2.25. The van der Waals surface area contributed by atoms with Crippen LogP contribution in [0.5, 0.6) is 0 Å². The number of rotatable bonds is 5. The summed E-state index contributed by atoms with van der Waals surface area (Å²) >= 11 is 7.05. The minimum absolute atomic E-state index is 0.685. The van der Waals surface area contributed by atoms with Gasteiger partial charge in [0.2, 0.25) is 0 Å². The molecular weight excluding hydrogens is 286 g/mol. The minimum Gasteiger partial charge on any atom is -0.362 e. The minimum atomic E-state index is 0.685. The molecule has 1 aromatic carbocycles. The summed E-state index contributed by atoms with van der Waals surface area (Å²) in [5, 5.41) is 8.33. The van der Waals surface area contributed by atoms with Crippen molar-refractivity contribution in [1.82, 2.24) is 10.3 Å². The van der Waals surface area contributed by atoms with E-state index in [-0.39, 0.29) is 0 Å². The Morgan fingerprint density at radius 2 is 2.20 bits per heavy atom. The van der Waals surface area contributed by atoms with Crippen LogP contribution in [0, 0.1) is 5.92 Å². The first-order chi connectivity index (χ1) is 9.58. The van der Waals surface area contributed by atoms with Gasteiger partial charge in [0.1, 0.15) is 0 Å². The number of fused-ring (bicyclic) bond motifs is 1. The van der Waals surface area contributed by atoms with Crippen molar-refractivity contribution in [2.24, 2.45) is 5.92 Å². The van der Waals surface area contributed by atoms with Crippen LogP contribution >= 0.6 is 23.6 Å². The van der Waals surface area contributed by atoms with Crippen molar-refractivity contribution in [3.8, 4) is 0 Å². The van der Waals surface area contributed by atoms with Crippen LogP contribution in [0.3, 0.4) is 0 Å². The van der Waals surface area contributed by atoms with E-state index in [1.54, 1.807) is 11.3 Å². The van der Waals surface area contributed by atoms with Crippen LogP contribution in [0.4, 0.5) is 5.69 Å². The van der Waals surface area contributed by atoms with E-state index < -0.39 is 0 Å². The third-order valence-corrected chi connectivity index (χ3v) is 4.41. The fourth-order valence-electron chi connectivity index (χ4n) is 1.85. The largest absolute Gasteiger partial charge is 0.362 e. The maximum atomic E-state index is 5.30. The Hall–Kier alpha value is -1.20. The molecule has 2 N–H and O–H groups in total. The van der Waals surface area contributed by atoms with Crippen LogP contribution in [0.25, 0.3) is 10.2 Å². The van der Waals surface area contributed by atoms with Gasteiger partial charge < -0.3 is 10.6 Å². The van der Waals surface area contributed by atoms with E-state index in [1.165, 1.54) is 9.71 Å². The number of thiazole rings is 1. The Morgan fingerprint density at radius 1 is 1.40 bits per heavy atom. The fraction of sp³-hybridized carbons (Fsp3) is 0.467. The van der Waals surface area contributed by atoms with E-state index in [4.69, 9.17) is 12.2 Å². The molecule has 2 rings (SSSR count). The van der Waals surface area contributed by atoms with Crippen LogP contribution in [0.1, 0.15) is 32.2 Å². The van der Waals surface area contributed by atoms with Crippen molar-refractivity contribution in [3.63, 3.8) is 0 Å². The lowest BCUT2D eigenvalue weighted by Crippen LogP contribution is -2.29. The predicted octanol–water partition coefficient (Wildman–Crippen LogP) is 4.19. The second kappa shape index (κ2) is 6.99. The van der Waals surface area contributed by atoms with Gasteiger partial charge in [-0.15, -0.1) is 11.3 Å². The summed E-state index contributed by atoms with van der Waals surface area (Å²) in [7, 11) is 0. The monoisotopic (exact) mass is 307 g/mol. The second-order valence-electron chi connectivity index (χ2n) is 5.21. The zero-order chi connectivity index (χ0) is 14.5. The number of hydrogen-bond donors (Lipinski definition) is 2. The molecule has 1 aromatic heterocycles. The number of nitrogens with one attached hydrogen (secondary N) is 2.